The highest BCUT2D eigenvalue weighted by Gasteiger charge is 2.57. The van der Waals surface area contributed by atoms with E-state index in [-0.39, 0.29) is 5.75 Å². The molecule has 0 aliphatic carbocycles. The van der Waals surface area contributed by atoms with Crippen molar-refractivity contribution < 1.29 is 41.9 Å². The summed E-state index contributed by atoms with van der Waals surface area (Å²) in [4.78, 5) is 35.8. The molecule has 1 aliphatic heterocycles. The van der Waals surface area contributed by atoms with Crippen molar-refractivity contribution in [3.8, 4) is 17.6 Å². The maximum absolute atomic E-state index is 13.6. The molecule has 13 nitrogen and oxygen atoms in total. The van der Waals surface area contributed by atoms with E-state index in [1.807, 2.05) is 4.98 Å². The number of alkyl halides is 2. The lowest BCUT2D eigenvalue weighted by Gasteiger charge is -2.25. The summed E-state index contributed by atoms with van der Waals surface area (Å²) < 4.78 is 54.0. The molecule has 1 aromatic heterocycles. The predicted octanol–water partition coefficient (Wildman–Crippen LogP) is 1.70. The molecule has 1 aliphatic rings. The fraction of sp³-hybridized carbons (Fsp3) is 0.478. The molecule has 1 fully saturated rings. The van der Waals surface area contributed by atoms with Crippen LogP contribution in [-0.2, 0) is 27.9 Å². The topological polar surface area (TPSA) is 168 Å². The highest BCUT2D eigenvalue weighted by atomic mass is 35.5. The summed E-state index contributed by atoms with van der Waals surface area (Å²) in [5, 5.41) is 14.6. The molecule has 16 heteroatoms. The number of esters is 1. The third-order valence-electron chi connectivity index (χ3n) is 5.08. The number of hydrogen-bond acceptors (Lipinski definition) is 11. The highest BCUT2D eigenvalue weighted by molar-refractivity contribution is 7.49. The lowest BCUT2D eigenvalue weighted by molar-refractivity contribution is -0.156. The van der Waals surface area contributed by atoms with Gasteiger partial charge in [-0.1, -0.05) is 41.6 Å². The number of carbonyl (C=O) groups is 1. The van der Waals surface area contributed by atoms with E-state index in [2.05, 4.69) is 16.9 Å². The number of aliphatic hydroxyl groups excluding tert-OH is 1. The standard InChI is InChI=1S/C23H26ClFN3O10P/c1-14(2)35-20(31)15(3)37-39(33,38-16-8-5-4-6-9-16)34-13-17-19(30)23(24,10-7-11-25)21(36-17)28-22(32)27-18(29)12-26-28/h4-6,8-9,12,14-15,17,19,21,30H,11,13H2,1-3H3,(H,27,29,32)/t15-,17+,19-,21+,23?,39-/m0/s1. The third-order valence-corrected chi connectivity index (χ3v) is 7.06. The summed E-state index contributed by atoms with van der Waals surface area (Å²) in [6.07, 6.45) is -5.97. The SMILES string of the molecule is CC(C)OC(=O)[C@H](C)O[P@](=O)(OC[C@H]1O[C@@H](n2ncc(=O)[nH]c2=O)C(Cl)(C#CCF)[C@H]1O)Oc1ccccc1. The zero-order valence-electron chi connectivity index (χ0n) is 21.0. The number of nitrogens with one attached hydrogen (secondary N) is 1. The first-order valence-electron chi connectivity index (χ1n) is 11.5. The monoisotopic (exact) mass is 589 g/mol. The number of halogens is 2. The van der Waals surface area contributed by atoms with Gasteiger partial charge in [-0.05, 0) is 32.9 Å². The number of nitrogens with zero attached hydrogens (tertiary/aromatic N) is 2. The van der Waals surface area contributed by atoms with Crippen LogP contribution in [0.1, 0.15) is 27.0 Å². The van der Waals surface area contributed by atoms with Crippen LogP contribution in [0, 0.1) is 11.8 Å². The fourth-order valence-corrected chi connectivity index (χ4v) is 5.06. The van der Waals surface area contributed by atoms with Crippen LogP contribution in [0.25, 0.3) is 0 Å². The Morgan fingerprint density at radius 2 is 2.03 bits per heavy atom. The molecule has 0 radical (unpaired) electrons. The largest absolute Gasteiger partial charge is 0.530 e. The van der Waals surface area contributed by atoms with E-state index in [4.69, 9.17) is 34.6 Å². The number of ether oxygens (including phenoxy) is 2. The average Bonchev–Trinajstić information content (AvgIpc) is 3.11. The molecule has 2 heterocycles. The molecular formula is C23H26ClFN3O10P. The zero-order chi connectivity index (χ0) is 28.8. The molecule has 1 saturated heterocycles. The molecule has 3 rings (SSSR count). The van der Waals surface area contributed by atoms with Crippen LogP contribution in [0.4, 0.5) is 4.39 Å². The van der Waals surface area contributed by atoms with E-state index in [9.17, 15) is 28.4 Å². The molecule has 39 heavy (non-hydrogen) atoms. The van der Waals surface area contributed by atoms with E-state index >= 15 is 0 Å². The van der Waals surface area contributed by atoms with Gasteiger partial charge in [0.25, 0.3) is 5.56 Å². The molecule has 0 saturated carbocycles. The van der Waals surface area contributed by atoms with Crippen LogP contribution in [0.5, 0.6) is 5.75 Å². The molecule has 1 aromatic carbocycles. The number of phosphoric ester groups is 1. The smallest absolute Gasteiger partial charge is 0.461 e. The van der Waals surface area contributed by atoms with Crippen molar-refractivity contribution >= 4 is 25.4 Å². The van der Waals surface area contributed by atoms with E-state index in [0.717, 1.165) is 6.20 Å². The molecule has 0 amide bonds. The van der Waals surface area contributed by atoms with Gasteiger partial charge in [0.2, 0.25) is 0 Å². The first kappa shape index (κ1) is 30.5. The van der Waals surface area contributed by atoms with Gasteiger partial charge in [0.05, 0.1) is 12.7 Å². The maximum atomic E-state index is 13.6. The van der Waals surface area contributed by atoms with Crippen LogP contribution in [-0.4, -0.2) is 68.4 Å². The van der Waals surface area contributed by atoms with Gasteiger partial charge in [0, 0.05) is 0 Å². The number of hydrogen-bond donors (Lipinski definition) is 2. The number of aromatic nitrogens is 3. The van der Waals surface area contributed by atoms with Crippen LogP contribution < -0.4 is 15.8 Å². The summed E-state index contributed by atoms with van der Waals surface area (Å²) in [5.41, 5.74) is -1.86. The van der Waals surface area contributed by atoms with Gasteiger partial charge in [-0.25, -0.2) is 18.5 Å². The van der Waals surface area contributed by atoms with Gasteiger partial charge < -0.3 is 19.1 Å². The number of rotatable bonds is 10. The van der Waals surface area contributed by atoms with Crippen LogP contribution in [0.3, 0.4) is 0 Å². The Labute approximate surface area is 226 Å². The Bertz CT molecular complexity index is 1380. The molecule has 0 spiro atoms. The molecule has 1 unspecified atom stereocenters. The third kappa shape index (κ3) is 7.54. The Morgan fingerprint density at radius 1 is 1.33 bits per heavy atom. The maximum Gasteiger partial charge on any atom is 0.530 e. The number of para-hydroxylation sites is 1. The molecule has 2 aromatic rings. The molecular weight excluding hydrogens is 564 g/mol. The minimum atomic E-state index is -4.61. The highest BCUT2D eigenvalue weighted by Crippen LogP contribution is 2.52. The van der Waals surface area contributed by atoms with Crippen LogP contribution >= 0.6 is 19.4 Å². The van der Waals surface area contributed by atoms with Crippen molar-refractivity contribution in [2.75, 3.05) is 13.3 Å². The minimum Gasteiger partial charge on any atom is -0.461 e. The van der Waals surface area contributed by atoms with Gasteiger partial charge in [-0.2, -0.15) is 9.78 Å². The molecule has 0 bridgehead atoms. The number of carbonyl (C=O) groups excluding carboxylic acids is 1. The Kier molecular flexibility index (Phi) is 10.1. The Hall–Kier alpha value is -3.05. The number of aromatic amines is 1. The zero-order valence-corrected chi connectivity index (χ0v) is 22.6. The fourth-order valence-electron chi connectivity index (χ4n) is 3.37. The number of phosphoric acid groups is 1. The van der Waals surface area contributed by atoms with E-state index in [1.165, 1.54) is 19.1 Å². The quantitative estimate of drug-likeness (QED) is 0.179. The van der Waals surface area contributed by atoms with Crippen molar-refractivity contribution in [1.82, 2.24) is 14.8 Å². The predicted molar refractivity (Wildman–Crippen MR) is 134 cm³/mol. The van der Waals surface area contributed by atoms with Gasteiger partial charge in [0.15, 0.2) is 17.2 Å². The Balaban J connectivity index is 1.88. The number of H-pyrrole nitrogens is 1. The molecule has 2 N–H and O–H groups in total. The summed E-state index contributed by atoms with van der Waals surface area (Å²) >= 11 is 6.51. The van der Waals surface area contributed by atoms with E-state index in [1.54, 1.807) is 32.0 Å². The van der Waals surface area contributed by atoms with Gasteiger partial charge >= 0.3 is 19.5 Å². The van der Waals surface area contributed by atoms with Crippen molar-refractivity contribution in [2.45, 2.75) is 56.3 Å². The van der Waals surface area contributed by atoms with Crippen LogP contribution in [0.2, 0.25) is 0 Å². The second kappa shape index (κ2) is 12.9. The summed E-state index contributed by atoms with van der Waals surface area (Å²) in [6.45, 7) is 2.64. The average molecular weight is 590 g/mol. The van der Waals surface area contributed by atoms with Crippen LogP contribution in [0.15, 0.2) is 46.1 Å². The van der Waals surface area contributed by atoms with Crippen molar-refractivity contribution in [2.24, 2.45) is 0 Å². The van der Waals surface area contributed by atoms with Crippen molar-refractivity contribution in [1.29, 1.82) is 0 Å². The van der Waals surface area contributed by atoms with Gasteiger partial charge in [-0.15, -0.1) is 0 Å². The molecule has 212 valence electrons. The van der Waals surface area contributed by atoms with Crippen molar-refractivity contribution in [3.05, 3.63) is 57.4 Å². The normalized spacial score (nSPS) is 24.8. The Morgan fingerprint density at radius 3 is 2.64 bits per heavy atom. The first-order valence-corrected chi connectivity index (χ1v) is 13.4. The summed E-state index contributed by atoms with van der Waals surface area (Å²) in [6, 6.07) is 7.77. The lowest BCUT2D eigenvalue weighted by atomic mass is 9.99. The second-order valence-electron chi connectivity index (χ2n) is 8.44. The number of benzene rings is 1. The van der Waals surface area contributed by atoms with Crippen molar-refractivity contribution in [3.63, 3.8) is 0 Å². The first-order chi connectivity index (χ1) is 18.4. The second-order valence-corrected chi connectivity index (χ2v) is 10.6. The molecule has 6 atom stereocenters. The van der Waals surface area contributed by atoms with E-state index in [0.29, 0.717) is 4.68 Å². The van der Waals surface area contributed by atoms with E-state index < -0.39 is 73.8 Å². The van der Waals surface area contributed by atoms with Gasteiger partial charge in [0.1, 0.15) is 30.8 Å². The lowest BCUT2D eigenvalue weighted by Crippen LogP contribution is -2.45. The van der Waals surface area contributed by atoms with Gasteiger partial charge in [-0.3, -0.25) is 18.8 Å². The number of aliphatic hydroxyl groups is 1. The minimum absolute atomic E-state index is 0.0699. The summed E-state index contributed by atoms with van der Waals surface area (Å²) in [5.74, 6) is 3.61. The summed E-state index contributed by atoms with van der Waals surface area (Å²) in [7, 11) is -4.61.